The number of benzene rings is 2. The number of rotatable bonds is 5. The summed E-state index contributed by atoms with van der Waals surface area (Å²) >= 11 is 0. The number of hydrogen-bond donors (Lipinski definition) is 2. The SMILES string of the molecule is C[C@@H]1Cc2ccccc2N1CC(=O)NCC(=O)Nc1ccc(F)cc1. The number of para-hydroxylation sites is 1. The van der Waals surface area contributed by atoms with Crippen LogP contribution in [0.15, 0.2) is 48.5 Å². The van der Waals surface area contributed by atoms with Crippen molar-refractivity contribution in [1.82, 2.24) is 5.32 Å². The molecule has 0 saturated heterocycles. The summed E-state index contributed by atoms with van der Waals surface area (Å²) in [6.45, 7) is 2.16. The number of fused-ring (bicyclic) bond motifs is 1. The lowest BCUT2D eigenvalue weighted by molar-refractivity contribution is -0.123. The van der Waals surface area contributed by atoms with Crippen molar-refractivity contribution >= 4 is 23.2 Å². The van der Waals surface area contributed by atoms with Crippen molar-refractivity contribution in [2.45, 2.75) is 19.4 Å². The second-order valence-corrected chi connectivity index (χ2v) is 6.14. The van der Waals surface area contributed by atoms with Crippen molar-refractivity contribution in [3.05, 3.63) is 59.9 Å². The third-order valence-electron chi connectivity index (χ3n) is 4.24. The summed E-state index contributed by atoms with van der Waals surface area (Å²) in [5.41, 5.74) is 2.79. The predicted octanol–water partition coefficient (Wildman–Crippen LogP) is 2.33. The van der Waals surface area contributed by atoms with Gasteiger partial charge in [-0.3, -0.25) is 9.59 Å². The van der Waals surface area contributed by atoms with E-state index in [2.05, 4.69) is 23.6 Å². The van der Waals surface area contributed by atoms with Gasteiger partial charge in [-0.1, -0.05) is 18.2 Å². The van der Waals surface area contributed by atoms with E-state index in [4.69, 9.17) is 0 Å². The van der Waals surface area contributed by atoms with Crippen LogP contribution >= 0.6 is 0 Å². The molecule has 0 aliphatic carbocycles. The molecule has 0 bridgehead atoms. The highest BCUT2D eigenvalue weighted by molar-refractivity contribution is 5.95. The van der Waals surface area contributed by atoms with E-state index in [1.807, 2.05) is 23.1 Å². The summed E-state index contributed by atoms with van der Waals surface area (Å²) < 4.78 is 12.8. The van der Waals surface area contributed by atoms with E-state index in [-0.39, 0.29) is 36.8 Å². The molecule has 130 valence electrons. The molecule has 2 aromatic rings. The first-order valence-electron chi connectivity index (χ1n) is 8.19. The summed E-state index contributed by atoms with van der Waals surface area (Å²) in [5, 5.41) is 5.23. The number of halogens is 1. The molecule has 2 N–H and O–H groups in total. The molecule has 3 rings (SSSR count). The average molecular weight is 341 g/mol. The van der Waals surface area contributed by atoms with Crippen molar-refractivity contribution in [3.8, 4) is 0 Å². The minimum Gasteiger partial charge on any atom is -0.359 e. The minimum absolute atomic E-state index is 0.125. The van der Waals surface area contributed by atoms with Crippen LogP contribution in [0.5, 0.6) is 0 Å². The van der Waals surface area contributed by atoms with Gasteiger partial charge in [-0.15, -0.1) is 0 Å². The zero-order chi connectivity index (χ0) is 17.8. The number of hydrogen-bond acceptors (Lipinski definition) is 3. The highest BCUT2D eigenvalue weighted by atomic mass is 19.1. The Bertz CT molecular complexity index is 776. The largest absolute Gasteiger partial charge is 0.359 e. The van der Waals surface area contributed by atoms with E-state index in [9.17, 15) is 14.0 Å². The third-order valence-corrected chi connectivity index (χ3v) is 4.24. The molecular weight excluding hydrogens is 321 g/mol. The zero-order valence-corrected chi connectivity index (χ0v) is 14.0. The van der Waals surface area contributed by atoms with Gasteiger partial charge in [0.15, 0.2) is 0 Å². The van der Waals surface area contributed by atoms with Gasteiger partial charge in [-0.2, -0.15) is 0 Å². The van der Waals surface area contributed by atoms with Crippen LogP contribution in [0, 0.1) is 5.82 Å². The Morgan fingerprint density at radius 3 is 2.60 bits per heavy atom. The standard InChI is InChI=1S/C19H20FN3O2/c1-13-10-14-4-2-3-5-17(14)23(13)12-19(25)21-11-18(24)22-16-8-6-15(20)7-9-16/h2-9,13H,10-12H2,1H3,(H,21,25)(H,22,24)/t13-/m1/s1. The van der Waals surface area contributed by atoms with Gasteiger partial charge in [-0.25, -0.2) is 4.39 Å². The lowest BCUT2D eigenvalue weighted by Crippen LogP contribution is -2.42. The Morgan fingerprint density at radius 2 is 1.84 bits per heavy atom. The smallest absolute Gasteiger partial charge is 0.243 e. The molecular formula is C19H20FN3O2. The van der Waals surface area contributed by atoms with Crippen LogP contribution in [0.2, 0.25) is 0 Å². The minimum atomic E-state index is -0.369. The Kier molecular flexibility index (Phi) is 4.97. The number of amides is 2. The Labute approximate surface area is 145 Å². The molecule has 0 fully saturated rings. The van der Waals surface area contributed by atoms with Crippen LogP contribution < -0.4 is 15.5 Å². The van der Waals surface area contributed by atoms with E-state index in [1.165, 1.54) is 29.8 Å². The lowest BCUT2D eigenvalue weighted by atomic mass is 10.1. The van der Waals surface area contributed by atoms with Gasteiger partial charge in [-0.05, 0) is 49.2 Å². The maximum absolute atomic E-state index is 12.8. The van der Waals surface area contributed by atoms with Gasteiger partial charge in [0, 0.05) is 17.4 Å². The molecule has 0 aromatic heterocycles. The molecule has 2 amide bonds. The van der Waals surface area contributed by atoms with Gasteiger partial charge < -0.3 is 15.5 Å². The maximum atomic E-state index is 12.8. The normalized spacial score (nSPS) is 15.6. The van der Waals surface area contributed by atoms with E-state index >= 15 is 0 Å². The lowest BCUT2D eigenvalue weighted by Gasteiger charge is -2.24. The number of anilines is 2. The van der Waals surface area contributed by atoms with E-state index in [0.29, 0.717) is 5.69 Å². The highest BCUT2D eigenvalue weighted by Crippen LogP contribution is 2.31. The average Bonchev–Trinajstić information content (AvgIpc) is 2.91. The molecule has 5 nitrogen and oxygen atoms in total. The molecule has 1 atom stereocenters. The molecule has 1 aliphatic heterocycles. The number of nitrogens with zero attached hydrogens (tertiary/aromatic N) is 1. The van der Waals surface area contributed by atoms with E-state index in [1.54, 1.807) is 0 Å². The molecule has 0 saturated carbocycles. The van der Waals surface area contributed by atoms with Crippen molar-refractivity contribution < 1.29 is 14.0 Å². The Hall–Kier alpha value is -2.89. The van der Waals surface area contributed by atoms with Crippen LogP contribution in [0.1, 0.15) is 12.5 Å². The van der Waals surface area contributed by atoms with Crippen LogP contribution in [0.4, 0.5) is 15.8 Å². The summed E-state index contributed by atoms with van der Waals surface area (Å²) in [5.74, 6) is -0.932. The number of carbonyl (C=O) groups excluding carboxylic acids is 2. The van der Waals surface area contributed by atoms with Gasteiger partial charge >= 0.3 is 0 Å². The maximum Gasteiger partial charge on any atom is 0.243 e. The number of carbonyl (C=O) groups is 2. The van der Waals surface area contributed by atoms with Gasteiger partial charge in [0.1, 0.15) is 5.82 Å². The fraction of sp³-hybridized carbons (Fsp3) is 0.263. The zero-order valence-electron chi connectivity index (χ0n) is 14.0. The topological polar surface area (TPSA) is 61.4 Å². The molecule has 1 aliphatic rings. The first-order valence-corrected chi connectivity index (χ1v) is 8.19. The number of nitrogens with one attached hydrogen (secondary N) is 2. The molecule has 1 heterocycles. The van der Waals surface area contributed by atoms with Crippen molar-refractivity contribution in [1.29, 1.82) is 0 Å². The molecule has 0 spiro atoms. The summed E-state index contributed by atoms with van der Waals surface area (Å²) in [7, 11) is 0. The third kappa shape index (κ3) is 4.15. The summed E-state index contributed by atoms with van der Waals surface area (Å²) in [6.07, 6.45) is 0.911. The van der Waals surface area contributed by atoms with Crippen molar-refractivity contribution in [2.24, 2.45) is 0 Å². The Morgan fingerprint density at radius 1 is 1.12 bits per heavy atom. The van der Waals surface area contributed by atoms with E-state index < -0.39 is 0 Å². The van der Waals surface area contributed by atoms with Crippen molar-refractivity contribution in [3.63, 3.8) is 0 Å². The predicted molar refractivity (Wildman–Crippen MR) is 95.0 cm³/mol. The molecule has 6 heteroatoms. The summed E-state index contributed by atoms with van der Waals surface area (Å²) in [4.78, 5) is 26.1. The van der Waals surface area contributed by atoms with Crippen LogP contribution in [0.25, 0.3) is 0 Å². The second-order valence-electron chi connectivity index (χ2n) is 6.14. The highest BCUT2D eigenvalue weighted by Gasteiger charge is 2.26. The van der Waals surface area contributed by atoms with Gasteiger partial charge in [0.05, 0.1) is 13.1 Å². The molecule has 25 heavy (non-hydrogen) atoms. The Balaban J connectivity index is 1.50. The monoisotopic (exact) mass is 341 g/mol. The fourth-order valence-corrected chi connectivity index (χ4v) is 3.00. The molecule has 2 aromatic carbocycles. The van der Waals surface area contributed by atoms with Crippen molar-refractivity contribution in [2.75, 3.05) is 23.3 Å². The quantitative estimate of drug-likeness (QED) is 0.877. The van der Waals surface area contributed by atoms with Crippen LogP contribution in [-0.4, -0.2) is 30.9 Å². The second kappa shape index (κ2) is 7.34. The fourth-order valence-electron chi connectivity index (χ4n) is 3.00. The first-order chi connectivity index (χ1) is 12.0. The first kappa shape index (κ1) is 17.0. The van der Waals surface area contributed by atoms with Gasteiger partial charge in [0.25, 0.3) is 0 Å². The van der Waals surface area contributed by atoms with E-state index in [0.717, 1.165) is 12.1 Å². The van der Waals surface area contributed by atoms with Crippen LogP contribution in [-0.2, 0) is 16.0 Å². The molecule has 0 unspecified atom stereocenters. The van der Waals surface area contributed by atoms with Gasteiger partial charge in [0.2, 0.25) is 11.8 Å². The summed E-state index contributed by atoms with van der Waals surface area (Å²) in [6, 6.07) is 13.7. The van der Waals surface area contributed by atoms with Crippen LogP contribution in [0.3, 0.4) is 0 Å². The molecule has 0 radical (unpaired) electrons.